The van der Waals surface area contributed by atoms with E-state index in [0.29, 0.717) is 61.2 Å². The number of halogens is 2. The number of benzene rings is 2. The van der Waals surface area contributed by atoms with Gasteiger partial charge in [0.25, 0.3) is 5.91 Å². The third-order valence-electron chi connectivity index (χ3n) is 5.60. The van der Waals surface area contributed by atoms with Crippen LogP contribution in [0.5, 0.6) is 5.88 Å². The van der Waals surface area contributed by atoms with Crippen molar-refractivity contribution in [1.82, 2.24) is 24.5 Å². The Morgan fingerprint density at radius 2 is 1.79 bits per heavy atom. The minimum Gasteiger partial charge on any atom is -0.477 e. The van der Waals surface area contributed by atoms with E-state index < -0.39 is 11.6 Å². The summed E-state index contributed by atoms with van der Waals surface area (Å²) in [6.45, 7) is 2.46. The van der Waals surface area contributed by atoms with Gasteiger partial charge in [0, 0.05) is 30.6 Å². The van der Waals surface area contributed by atoms with Crippen LogP contribution in [-0.4, -0.2) is 63.3 Å². The van der Waals surface area contributed by atoms with Gasteiger partial charge in [0.1, 0.15) is 0 Å². The van der Waals surface area contributed by atoms with Crippen LogP contribution in [0, 0.1) is 11.6 Å². The number of fused-ring (bicyclic) bond motifs is 1. The van der Waals surface area contributed by atoms with Crippen LogP contribution in [0.2, 0.25) is 0 Å². The zero-order chi connectivity index (χ0) is 23.5. The molecule has 0 saturated carbocycles. The lowest BCUT2D eigenvalue weighted by atomic mass is 10.1. The van der Waals surface area contributed by atoms with Crippen LogP contribution in [0.1, 0.15) is 15.9 Å². The molecule has 0 radical (unpaired) electrons. The van der Waals surface area contributed by atoms with Gasteiger partial charge >= 0.3 is 0 Å². The maximum atomic E-state index is 13.4. The van der Waals surface area contributed by atoms with Gasteiger partial charge < -0.3 is 14.4 Å². The largest absolute Gasteiger partial charge is 0.477 e. The fraction of sp³-hybridized carbons (Fsp3) is 0.250. The molecule has 1 aliphatic rings. The van der Waals surface area contributed by atoms with Gasteiger partial charge in [0.05, 0.1) is 32.2 Å². The van der Waals surface area contributed by atoms with Gasteiger partial charge in [-0.15, -0.1) is 10.2 Å². The zero-order valence-electron chi connectivity index (χ0n) is 18.2. The highest BCUT2D eigenvalue weighted by atomic mass is 19.2. The summed E-state index contributed by atoms with van der Waals surface area (Å²) in [5, 5.41) is 8.43. The summed E-state index contributed by atoms with van der Waals surface area (Å²) in [6.07, 6.45) is 3.49. The molecule has 0 atom stereocenters. The van der Waals surface area contributed by atoms with Crippen molar-refractivity contribution in [3.8, 4) is 17.3 Å². The molecule has 8 nitrogen and oxygen atoms in total. The average Bonchev–Trinajstić information content (AvgIpc) is 3.31. The molecule has 2 aromatic heterocycles. The second-order valence-electron chi connectivity index (χ2n) is 7.79. The first-order valence-electron chi connectivity index (χ1n) is 10.8. The standard InChI is InChI=1S/C24H21F2N5O3/c25-19-6-1-16(13-20(19)26)7-10-34-22-15-27-14-21-28-29-23(31(21)22)17-2-4-18(5-3-17)24(32)30-8-11-33-12-9-30/h1-6,13-15H,7-12H2. The highest BCUT2D eigenvalue weighted by Gasteiger charge is 2.19. The van der Waals surface area contributed by atoms with Crippen LogP contribution in [0.3, 0.4) is 0 Å². The van der Waals surface area contributed by atoms with Gasteiger partial charge in [0.15, 0.2) is 23.1 Å². The van der Waals surface area contributed by atoms with Gasteiger partial charge in [-0.3, -0.25) is 9.78 Å². The Morgan fingerprint density at radius 1 is 1.00 bits per heavy atom. The summed E-state index contributed by atoms with van der Waals surface area (Å²) in [6, 6.07) is 10.9. The minimum absolute atomic E-state index is 0.0357. The number of hydrogen-bond donors (Lipinski definition) is 0. The smallest absolute Gasteiger partial charge is 0.254 e. The number of nitrogens with zero attached hydrogens (tertiary/aromatic N) is 5. The molecule has 10 heteroatoms. The van der Waals surface area contributed by atoms with Crippen molar-refractivity contribution in [3.05, 3.63) is 77.6 Å². The van der Waals surface area contributed by atoms with Gasteiger partial charge in [-0.1, -0.05) is 18.2 Å². The monoisotopic (exact) mass is 465 g/mol. The predicted octanol–water partition coefficient (Wildman–Crippen LogP) is 3.16. The van der Waals surface area contributed by atoms with Gasteiger partial charge in [0.2, 0.25) is 5.88 Å². The number of carbonyl (C=O) groups excluding carboxylic acids is 1. The first-order valence-corrected chi connectivity index (χ1v) is 10.8. The molecule has 34 heavy (non-hydrogen) atoms. The van der Waals surface area contributed by atoms with E-state index in [1.165, 1.54) is 6.07 Å². The summed E-state index contributed by atoms with van der Waals surface area (Å²) in [4.78, 5) is 18.6. The summed E-state index contributed by atoms with van der Waals surface area (Å²) in [7, 11) is 0. The normalized spacial score (nSPS) is 13.9. The molecule has 0 spiro atoms. The maximum Gasteiger partial charge on any atom is 0.254 e. The lowest BCUT2D eigenvalue weighted by Crippen LogP contribution is -2.40. The first kappa shape index (κ1) is 21.9. The quantitative estimate of drug-likeness (QED) is 0.435. The number of carbonyl (C=O) groups is 1. The van der Waals surface area contributed by atoms with E-state index in [9.17, 15) is 13.6 Å². The van der Waals surface area contributed by atoms with Crippen LogP contribution in [0.15, 0.2) is 54.9 Å². The third-order valence-corrected chi connectivity index (χ3v) is 5.60. The second kappa shape index (κ2) is 9.52. The van der Waals surface area contributed by atoms with Crippen molar-refractivity contribution in [3.63, 3.8) is 0 Å². The Labute approximate surface area is 193 Å². The molecule has 2 aromatic carbocycles. The Morgan fingerprint density at radius 3 is 2.56 bits per heavy atom. The molecule has 3 heterocycles. The fourth-order valence-electron chi connectivity index (χ4n) is 3.79. The molecule has 5 rings (SSSR count). The predicted molar refractivity (Wildman–Crippen MR) is 118 cm³/mol. The van der Waals surface area contributed by atoms with Crippen LogP contribution < -0.4 is 4.74 Å². The topological polar surface area (TPSA) is 81.8 Å². The van der Waals surface area contributed by atoms with Crippen LogP contribution >= 0.6 is 0 Å². The SMILES string of the molecule is O=C(c1ccc(-c2nnc3cncc(OCCc4ccc(F)c(F)c4)n23)cc1)N1CCOCC1. The minimum atomic E-state index is -0.891. The van der Waals surface area contributed by atoms with Gasteiger partial charge in [-0.05, 0) is 29.8 Å². The molecule has 0 N–H and O–H groups in total. The fourth-order valence-corrected chi connectivity index (χ4v) is 3.79. The van der Waals surface area contributed by atoms with Crippen molar-refractivity contribution in [2.24, 2.45) is 0 Å². The van der Waals surface area contributed by atoms with Crippen molar-refractivity contribution in [2.75, 3.05) is 32.9 Å². The Bertz CT molecular complexity index is 1320. The highest BCUT2D eigenvalue weighted by Crippen LogP contribution is 2.24. The van der Waals surface area contributed by atoms with E-state index in [4.69, 9.17) is 9.47 Å². The molecule has 1 aliphatic heterocycles. The van der Waals surface area contributed by atoms with Crippen molar-refractivity contribution in [2.45, 2.75) is 6.42 Å². The van der Waals surface area contributed by atoms with E-state index >= 15 is 0 Å². The van der Waals surface area contributed by atoms with Gasteiger partial charge in [-0.2, -0.15) is 0 Å². The summed E-state index contributed by atoms with van der Waals surface area (Å²) in [5.41, 5.74) is 2.45. The van der Waals surface area contributed by atoms with Crippen molar-refractivity contribution in [1.29, 1.82) is 0 Å². The molecule has 1 amide bonds. The number of aromatic nitrogens is 4. The zero-order valence-corrected chi connectivity index (χ0v) is 18.2. The maximum absolute atomic E-state index is 13.4. The molecule has 1 fully saturated rings. The van der Waals surface area contributed by atoms with E-state index in [1.54, 1.807) is 33.8 Å². The van der Waals surface area contributed by atoms with Crippen molar-refractivity contribution >= 4 is 11.6 Å². The molecule has 4 aromatic rings. The molecule has 0 bridgehead atoms. The second-order valence-corrected chi connectivity index (χ2v) is 7.79. The molecule has 0 unspecified atom stereocenters. The Kier molecular flexibility index (Phi) is 6.13. The summed E-state index contributed by atoms with van der Waals surface area (Å²) < 4.78 is 39.5. The lowest BCUT2D eigenvalue weighted by Gasteiger charge is -2.26. The van der Waals surface area contributed by atoms with Gasteiger partial charge in [-0.25, -0.2) is 13.2 Å². The molecule has 1 saturated heterocycles. The number of amides is 1. The molecule has 0 aliphatic carbocycles. The van der Waals surface area contributed by atoms with Crippen LogP contribution in [-0.2, 0) is 11.2 Å². The molecule has 174 valence electrons. The molecular weight excluding hydrogens is 444 g/mol. The Hall–Kier alpha value is -3.92. The van der Waals surface area contributed by atoms with Crippen LogP contribution in [0.4, 0.5) is 8.78 Å². The lowest BCUT2D eigenvalue weighted by molar-refractivity contribution is 0.0303. The number of morpholine rings is 1. The third kappa shape index (κ3) is 4.44. The number of ether oxygens (including phenoxy) is 2. The van der Waals surface area contributed by atoms with E-state index in [1.807, 2.05) is 12.1 Å². The van der Waals surface area contributed by atoms with E-state index in [0.717, 1.165) is 17.7 Å². The summed E-state index contributed by atoms with van der Waals surface area (Å²) >= 11 is 0. The molecular formula is C24H21F2N5O3. The van der Waals surface area contributed by atoms with E-state index in [2.05, 4.69) is 15.2 Å². The number of hydrogen-bond acceptors (Lipinski definition) is 6. The average molecular weight is 465 g/mol. The van der Waals surface area contributed by atoms with E-state index in [-0.39, 0.29) is 12.5 Å². The Balaban J connectivity index is 1.34. The van der Waals surface area contributed by atoms with Crippen molar-refractivity contribution < 1.29 is 23.0 Å². The first-order chi connectivity index (χ1) is 16.6. The van der Waals surface area contributed by atoms with Crippen LogP contribution in [0.25, 0.3) is 17.0 Å². The number of rotatable bonds is 6. The summed E-state index contributed by atoms with van der Waals surface area (Å²) in [5.74, 6) is -0.867. The highest BCUT2D eigenvalue weighted by molar-refractivity contribution is 5.94.